The SMILES string of the molecule is CC1CN(c2nc3cc(Cl)ccc3c3nnc(C4CC4)n23)CC(C)O1. The van der Waals surface area contributed by atoms with Crippen LogP contribution in [0.2, 0.25) is 5.02 Å². The predicted octanol–water partition coefficient (Wildman–Crippen LogP) is 3.42. The van der Waals surface area contributed by atoms with Gasteiger partial charge in [-0.05, 0) is 44.9 Å². The van der Waals surface area contributed by atoms with Gasteiger partial charge in [-0.2, -0.15) is 0 Å². The summed E-state index contributed by atoms with van der Waals surface area (Å²) in [5, 5.41) is 10.7. The molecule has 1 saturated carbocycles. The second-order valence-electron chi connectivity index (χ2n) is 7.23. The Balaban J connectivity index is 1.77. The third-order valence-electron chi connectivity index (χ3n) is 4.95. The molecule has 3 heterocycles. The molecule has 0 amide bonds. The van der Waals surface area contributed by atoms with E-state index in [2.05, 4.69) is 33.3 Å². The van der Waals surface area contributed by atoms with E-state index in [1.807, 2.05) is 18.2 Å². The van der Waals surface area contributed by atoms with E-state index in [0.29, 0.717) is 10.9 Å². The molecule has 0 spiro atoms. The summed E-state index contributed by atoms with van der Waals surface area (Å²) < 4.78 is 8.05. The van der Waals surface area contributed by atoms with Crippen LogP contribution in [0.4, 0.5) is 5.95 Å². The molecule has 1 aliphatic heterocycles. The van der Waals surface area contributed by atoms with E-state index in [-0.39, 0.29) is 12.2 Å². The van der Waals surface area contributed by atoms with Crippen LogP contribution in [-0.2, 0) is 4.74 Å². The Morgan fingerprint density at radius 1 is 1.12 bits per heavy atom. The van der Waals surface area contributed by atoms with Crippen molar-refractivity contribution < 1.29 is 4.74 Å². The first-order chi connectivity index (χ1) is 12.1. The average molecular weight is 358 g/mol. The minimum atomic E-state index is 0.163. The lowest BCUT2D eigenvalue weighted by molar-refractivity contribution is -0.00578. The quantitative estimate of drug-likeness (QED) is 0.703. The Bertz CT molecular complexity index is 957. The zero-order valence-corrected chi connectivity index (χ0v) is 15.1. The molecule has 0 bridgehead atoms. The third-order valence-corrected chi connectivity index (χ3v) is 5.19. The number of fused-ring (bicyclic) bond motifs is 3. The summed E-state index contributed by atoms with van der Waals surface area (Å²) in [6.45, 7) is 5.82. The van der Waals surface area contributed by atoms with E-state index in [9.17, 15) is 0 Å². The van der Waals surface area contributed by atoms with Crippen molar-refractivity contribution in [2.45, 2.75) is 44.8 Å². The summed E-state index contributed by atoms with van der Waals surface area (Å²) in [4.78, 5) is 7.26. The first-order valence-corrected chi connectivity index (χ1v) is 9.22. The minimum Gasteiger partial charge on any atom is -0.372 e. The molecular formula is C18H20ClN5O. The topological polar surface area (TPSA) is 55.6 Å². The predicted molar refractivity (Wildman–Crippen MR) is 97.5 cm³/mol. The van der Waals surface area contributed by atoms with Crippen LogP contribution in [-0.4, -0.2) is 44.9 Å². The number of hydrogen-bond acceptors (Lipinski definition) is 5. The van der Waals surface area contributed by atoms with Crippen molar-refractivity contribution in [3.05, 3.63) is 29.0 Å². The van der Waals surface area contributed by atoms with Gasteiger partial charge >= 0.3 is 0 Å². The normalized spacial score (nSPS) is 24.4. The second kappa shape index (κ2) is 5.54. The number of ether oxygens (including phenoxy) is 1. The fourth-order valence-corrected chi connectivity index (χ4v) is 3.94. The molecule has 1 saturated heterocycles. The van der Waals surface area contributed by atoms with Gasteiger partial charge in [0, 0.05) is 29.4 Å². The smallest absolute Gasteiger partial charge is 0.213 e. The summed E-state index contributed by atoms with van der Waals surface area (Å²) in [5.41, 5.74) is 1.72. The molecule has 6 nitrogen and oxygen atoms in total. The maximum absolute atomic E-state index is 6.20. The largest absolute Gasteiger partial charge is 0.372 e. The molecule has 2 atom stereocenters. The molecule has 7 heteroatoms. The molecular weight excluding hydrogens is 338 g/mol. The molecule has 130 valence electrons. The molecule has 5 rings (SSSR count). The summed E-state index contributed by atoms with van der Waals surface area (Å²) in [5.74, 6) is 2.43. The summed E-state index contributed by atoms with van der Waals surface area (Å²) in [7, 11) is 0. The van der Waals surface area contributed by atoms with Crippen molar-refractivity contribution in [3.8, 4) is 0 Å². The molecule has 2 aromatic heterocycles. The standard InChI is InChI=1S/C18H20ClN5O/c1-10-8-23(9-11(2)25-10)18-20-15-7-13(19)5-6-14(15)17-22-21-16(24(17)18)12-3-4-12/h5-7,10-12H,3-4,8-9H2,1-2H3. The van der Waals surface area contributed by atoms with E-state index in [1.54, 1.807) is 0 Å². The van der Waals surface area contributed by atoms with Crippen molar-refractivity contribution in [1.29, 1.82) is 0 Å². The number of benzene rings is 1. The zero-order chi connectivity index (χ0) is 17.1. The molecule has 3 aromatic rings. The van der Waals surface area contributed by atoms with Crippen LogP contribution in [0.5, 0.6) is 0 Å². The van der Waals surface area contributed by atoms with E-state index < -0.39 is 0 Å². The van der Waals surface area contributed by atoms with Gasteiger partial charge in [-0.25, -0.2) is 9.38 Å². The summed E-state index contributed by atoms with van der Waals surface area (Å²) in [6.07, 6.45) is 2.68. The van der Waals surface area contributed by atoms with Gasteiger partial charge in [0.1, 0.15) is 5.82 Å². The van der Waals surface area contributed by atoms with E-state index in [0.717, 1.165) is 41.4 Å². The number of aromatic nitrogens is 4. The molecule has 2 aliphatic rings. The fourth-order valence-electron chi connectivity index (χ4n) is 3.77. The van der Waals surface area contributed by atoms with Gasteiger partial charge in [0.2, 0.25) is 5.95 Å². The molecule has 2 fully saturated rings. The monoisotopic (exact) mass is 357 g/mol. The zero-order valence-electron chi connectivity index (χ0n) is 14.3. The molecule has 1 aromatic carbocycles. The van der Waals surface area contributed by atoms with Crippen LogP contribution in [0, 0.1) is 0 Å². The number of morpholine rings is 1. The lowest BCUT2D eigenvalue weighted by atomic mass is 10.2. The fraction of sp³-hybridized carbons (Fsp3) is 0.500. The van der Waals surface area contributed by atoms with Crippen LogP contribution in [0.25, 0.3) is 16.6 Å². The number of anilines is 1. The summed E-state index contributed by atoms with van der Waals surface area (Å²) >= 11 is 6.20. The lowest BCUT2D eigenvalue weighted by Gasteiger charge is -2.36. The second-order valence-corrected chi connectivity index (χ2v) is 7.66. The maximum Gasteiger partial charge on any atom is 0.213 e. The highest BCUT2D eigenvalue weighted by Crippen LogP contribution is 2.41. The maximum atomic E-state index is 6.20. The molecule has 2 unspecified atom stereocenters. The number of nitrogens with zero attached hydrogens (tertiary/aromatic N) is 5. The van der Waals surface area contributed by atoms with E-state index in [1.165, 1.54) is 12.8 Å². The molecule has 0 N–H and O–H groups in total. The Morgan fingerprint density at radius 3 is 2.60 bits per heavy atom. The molecule has 0 radical (unpaired) electrons. The van der Waals surface area contributed by atoms with Crippen LogP contribution in [0.1, 0.15) is 38.4 Å². The number of rotatable bonds is 2. The van der Waals surface area contributed by atoms with Crippen molar-refractivity contribution in [1.82, 2.24) is 19.6 Å². The first-order valence-electron chi connectivity index (χ1n) is 8.85. The Kier molecular flexibility index (Phi) is 3.40. The van der Waals surface area contributed by atoms with Gasteiger partial charge in [0.05, 0.1) is 17.7 Å². The highest BCUT2D eigenvalue weighted by Gasteiger charge is 2.32. The average Bonchev–Trinajstić information content (AvgIpc) is 3.31. The van der Waals surface area contributed by atoms with Gasteiger partial charge in [0.15, 0.2) is 5.65 Å². The van der Waals surface area contributed by atoms with Crippen LogP contribution < -0.4 is 4.90 Å². The Morgan fingerprint density at radius 2 is 1.88 bits per heavy atom. The van der Waals surface area contributed by atoms with Crippen molar-refractivity contribution in [3.63, 3.8) is 0 Å². The Hall–Kier alpha value is -1.92. The van der Waals surface area contributed by atoms with Crippen molar-refractivity contribution >= 4 is 34.1 Å². The van der Waals surface area contributed by atoms with Gasteiger partial charge < -0.3 is 9.64 Å². The van der Waals surface area contributed by atoms with E-state index >= 15 is 0 Å². The van der Waals surface area contributed by atoms with Crippen molar-refractivity contribution in [2.24, 2.45) is 0 Å². The minimum absolute atomic E-state index is 0.163. The number of hydrogen-bond donors (Lipinski definition) is 0. The van der Waals surface area contributed by atoms with Gasteiger partial charge in [0.25, 0.3) is 0 Å². The first kappa shape index (κ1) is 15.3. The number of halogens is 1. The van der Waals surface area contributed by atoms with E-state index in [4.69, 9.17) is 21.3 Å². The third kappa shape index (κ3) is 2.55. The van der Waals surface area contributed by atoms with Crippen LogP contribution in [0.15, 0.2) is 18.2 Å². The van der Waals surface area contributed by atoms with Gasteiger partial charge in [-0.1, -0.05) is 11.6 Å². The van der Waals surface area contributed by atoms with Gasteiger partial charge in [-0.15, -0.1) is 10.2 Å². The highest BCUT2D eigenvalue weighted by atomic mass is 35.5. The highest BCUT2D eigenvalue weighted by molar-refractivity contribution is 6.31. The van der Waals surface area contributed by atoms with Crippen LogP contribution >= 0.6 is 11.6 Å². The molecule has 25 heavy (non-hydrogen) atoms. The molecule has 1 aliphatic carbocycles. The van der Waals surface area contributed by atoms with Gasteiger partial charge in [-0.3, -0.25) is 0 Å². The lowest BCUT2D eigenvalue weighted by Crippen LogP contribution is -2.46. The Labute approximate surface area is 150 Å². The van der Waals surface area contributed by atoms with Crippen LogP contribution in [0.3, 0.4) is 0 Å². The summed E-state index contributed by atoms with van der Waals surface area (Å²) in [6, 6.07) is 5.77. The van der Waals surface area contributed by atoms with Crippen molar-refractivity contribution in [2.75, 3.05) is 18.0 Å².